The van der Waals surface area contributed by atoms with E-state index in [1.165, 1.54) is 11.1 Å². The highest BCUT2D eigenvalue weighted by Crippen LogP contribution is 2.17. The van der Waals surface area contributed by atoms with Gasteiger partial charge in [0.15, 0.2) is 5.96 Å². The molecular weight excluding hydrogens is 503 g/mol. The Kier molecular flexibility index (Phi) is 11.1. The Balaban J connectivity index is 0.00000341. The fraction of sp³-hybridized carbons (Fsp3) is 0.333. The van der Waals surface area contributed by atoms with Crippen LogP contribution in [0.2, 0.25) is 0 Å². The molecule has 1 heterocycles. The van der Waals surface area contributed by atoms with Gasteiger partial charge in [0.25, 0.3) is 0 Å². The third-order valence-electron chi connectivity index (χ3n) is 4.49. The summed E-state index contributed by atoms with van der Waals surface area (Å²) in [7, 11) is 0. The highest BCUT2D eigenvalue weighted by atomic mass is 127. The first-order valence-electron chi connectivity index (χ1n) is 10.5. The topological polar surface area (TPSA) is 71.7 Å². The van der Waals surface area contributed by atoms with Crippen LogP contribution in [-0.4, -0.2) is 24.1 Å². The summed E-state index contributed by atoms with van der Waals surface area (Å²) in [6.07, 6.45) is 2.70. The second kappa shape index (κ2) is 13.8. The fourth-order valence-corrected chi connectivity index (χ4v) is 2.96. The van der Waals surface area contributed by atoms with Gasteiger partial charge in [0.05, 0.1) is 25.4 Å². The minimum absolute atomic E-state index is 0. The smallest absolute Gasteiger partial charge is 0.226 e. The molecule has 0 atom stereocenters. The Morgan fingerprint density at radius 3 is 2.48 bits per heavy atom. The van der Waals surface area contributed by atoms with Gasteiger partial charge in [-0.15, -0.1) is 24.0 Å². The number of nitrogens with zero attached hydrogens (tertiary/aromatic N) is 2. The lowest BCUT2D eigenvalue weighted by molar-refractivity contribution is 0.121. The Morgan fingerprint density at radius 2 is 1.74 bits per heavy atom. The Labute approximate surface area is 201 Å². The van der Waals surface area contributed by atoms with E-state index >= 15 is 0 Å². The maximum absolute atomic E-state index is 5.71. The number of ether oxygens (including phenoxy) is 1. The molecule has 0 amide bonds. The molecule has 166 valence electrons. The first kappa shape index (κ1) is 24.9. The van der Waals surface area contributed by atoms with Crippen LogP contribution in [0.25, 0.3) is 11.5 Å². The summed E-state index contributed by atoms with van der Waals surface area (Å²) in [5.41, 5.74) is 4.13. The number of oxazole rings is 1. The lowest BCUT2D eigenvalue weighted by Gasteiger charge is -2.12. The van der Waals surface area contributed by atoms with Crippen molar-refractivity contribution in [1.29, 1.82) is 0 Å². The molecular formula is C24H31IN4O2. The summed E-state index contributed by atoms with van der Waals surface area (Å²) in [4.78, 5) is 9.29. The summed E-state index contributed by atoms with van der Waals surface area (Å²) in [5, 5.41) is 6.61. The second-order valence-corrected chi connectivity index (χ2v) is 6.88. The van der Waals surface area contributed by atoms with Crippen molar-refractivity contribution in [2.24, 2.45) is 4.99 Å². The van der Waals surface area contributed by atoms with Gasteiger partial charge in [-0.1, -0.05) is 49.4 Å². The van der Waals surface area contributed by atoms with Gasteiger partial charge in [0.2, 0.25) is 5.89 Å². The third-order valence-corrected chi connectivity index (χ3v) is 4.49. The molecule has 0 aliphatic carbocycles. The molecule has 2 aromatic carbocycles. The average molecular weight is 534 g/mol. The number of benzene rings is 2. The summed E-state index contributed by atoms with van der Waals surface area (Å²) in [6.45, 7) is 7.43. The van der Waals surface area contributed by atoms with Crippen molar-refractivity contribution in [3.63, 3.8) is 0 Å². The van der Waals surface area contributed by atoms with Crippen molar-refractivity contribution in [2.45, 2.75) is 40.0 Å². The predicted molar refractivity (Wildman–Crippen MR) is 135 cm³/mol. The quantitative estimate of drug-likeness (QED) is 0.163. The summed E-state index contributed by atoms with van der Waals surface area (Å²) < 4.78 is 11.3. The number of halogens is 1. The lowest BCUT2D eigenvalue weighted by Crippen LogP contribution is -2.36. The van der Waals surface area contributed by atoms with Crippen LogP contribution < -0.4 is 10.6 Å². The predicted octanol–water partition coefficient (Wildman–Crippen LogP) is 5.14. The van der Waals surface area contributed by atoms with Crippen molar-refractivity contribution < 1.29 is 9.15 Å². The van der Waals surface area contributed by atoms with Gasteiger partial charge in [-0.25, -0.2) is 9.98 Å². The lowest BCUT2D eigenvalue weighted by atomic mass is 10.1. The SMILES string of the molecule is CCCOCc1ccccc1CN=C(NCC)NCc1coc(-c2ccccc2)n1.I. The van der Waals surface area contributed by atoms with Crippen molar-refractivity contribution in [2.75, 3.05) is 13.2 Å². The molecule has 0 saturated heterocycles. The Morgan fingerprint density at radius 1 is 1.00 bits per heavy atom. The van der Waals surface area contributed by atoms with Gasteiger partial charge in [-0.3, -0.25) is 0 Å². The van der Waals surface area contributed by atoms with E-state index in [2.05, 4.69) is 34.7 Å². The largest absolute Gasteiger partial charge is 0.444 e. The van der Waals surface area contributed by atoms with Crippen LogP contribution in [-0.2, 0) is 24.4 Å². The van der Waals surface area contributed by atoms with Crippen LogP contribution in [0.4, 0.5) is 0 Å². The molecule has 0 aliphatic heterocycles. The number of guanidine groups is 1. The minimum atomic E-state index is 0. The number of hydrogen-bond donors (Lipinski definition) is 2. The van der Waals surface area contributed by atoms with Crippen LogP contribution >= 0.6 is 24.0 Å². The van der Waals surface area contributed by atoms with Gasteiger partial charge in [-0.2, -0.15) is 0 Å². The maximum atomic E-state index is 5.71. The van der Waals surface area contributed by atoms with Gasteiger partial charge in [0, 0.05) is 18.7 Å². The summed E-state index contributed by atoms with van der Waals surface area (Å²) in [6, 6.07) is 18.2. The molecule has 3 rings (SSSR count). The highest BCUT2D eigenvalue weighted by Gasteiger charge is 2.07. The maximum Gasteiger partial charge on any atom is 0.226 e. The van der Waals surface area contributed by atoms with Gasteiger partial charge in [-0.05, 0) is 36.6 Å². The average Bonchev–Trinajstić information content (AvgIpc) is 3.26. The summed E-state index contributed by atoms with van der Waals surface area (Å²) in [5.74, 6) is 1.36. The van der Waals surface area contributed by atoms with Crippen molar-refractivity contribution >= 4 is 29.9 Å². The van der Waals surface area contributed by atoms with E-state index < -0.39 is 0 Å². The summed E-state index contributed by atoms with van der Waals surface area (Å²) >= 11 is 0. The van der Waals surface area contributed by atoms with E-state index in [-0.39, 0.29) is 24.0 Å². The van der Waals surface area contributed by atoms with Crippen molar-refractivity contribution in [3.8, 4) is 11.5 Å². The molecule has 2 N–H and O–H groups in total. The molecule has 0 spiro atoms. The van der Waals surface area contributed by atoms with E-state index in [0.717, 1.165) is 36.8 Å². The van der Waals surface area contributed by atoms with E-state index in [9.17, 15) is 0 Å². The van der Waals surface area contributed by atoms with Crippen molar-refractivity contribution in [1.82, 2.24) is 15.6 Å². The molecule has 1 aromatic heterocycles. The van der Waals surface area contributed by atoms with Crippen LogP contribution in [0.5, 0.6) is 0 Å². The number of nitrogens with one attached hydrogen (secondary N) is 2. The first-order valence-corrected chi connectivity index (χ1v) is 10.5. The van der Waals surface area contributed by atoms with E-state index in [1.807, 2.05) is 49.4 Å². The molecule has 0 radical (unpaired) electrons. The monoisotopic (exact) mass is 534 g/mol. The van der Waals surface area contributed by atoms with Crippen LogP contribution in [0.15, 0.2) is 70.3 Å². The molecule has 31 heavy (non-hydrogen) atoms. The number of aromatic nitrogens is 1. The van der Waals surface area contributed by atoms with Gasteiger partial charge < -0.3 is 19.8 Å². The number of aliphatic imine (C=N–C) groups is 1. The highest BCUT2D eigenvalue weighted by molar-refractivity contribution is 14.0. The van der Waals surface area contributed by atoms with E-state index in [0.29, 0.717) is 25.6 Å². The molecule has 0 unspecified atom stereocenters. The third kappa shape index (κ3) is 7.99. The molecule has 0 saturated carbocycles. The number of hydrogen-bond acceptors (Lipinski definition) is 4. The Hall–Kier alpha value is -2.39. The molecule has 0 bridgehead atoms. The fourth-order valence-electron chi connectivity index (χ4n) is 2.96. The molecule has 3 aromatic rings. The van der Waals surface area contributed by atoms with Gasteiger partial charge >= 0.3 is 0 Å². The zero-order valence-electron chi connectivity index (χ0n) is 18.1. The first-order chi connectivity index (χ1) is 14.8. The van der Waals surface area contributed by atoms with E-state index in [4.69, 9.17) is 14.1 Å². The zero-order chi connectivity index (χ0) is 21.0. The number of rotatable bonds is 10. The van der Waals surface area contributed by atoms with E-state index in [1.54, 1.807) is 6.26 Å². The second-order valence-electron chi connectivity index (χ2n) is 6.88. The minimum Gasteiger partial charge on any atom is -0.444 e. The zero-order valence-corrected chi connectivity index (χ0v) is 20.5. The van der Waals surface area contributed by atoms with Crippen LogP contribution in [0.3, 0.4) is 0 Å². The molecule has 7 heteroatoms. The molecule has 0 aliphatic rings. The standard InChI is InChI=1S/C24H30N4O2.HI/c1-3-14-29-17-21-13-9-8-12-20(21)15-26-24(25-4-2)27-16-22-18-30-23(28-22)19-10-6-5-7-11-19;/h5-13,18H,3-4,14-17H2,1-2H3,(H2,25,26,27);1H. The normalized spacial score (nSPS) is 11.1. The molecule has 6 nitrogen and oxygen atoms in total. The van der Waals surface area contributed by atoms with Crippen LogP contribution in [0.1, 0.15) is 37.1 Å². The van der Waals surface area contributed by atoms with Crippen molar-refractivity contribution in [3.05, 3.63) is 77.7 Å². The Bertz CT molecular complexity index is 928. The van der Waals surface area contributed by atoms with Crippen LogP contribution in [0, 0.1) is 0 Å². The van der Waals surface area contributed by atoms with Gasteiger partial charge in [0.1, 0.15) is 6.26 Å². The molecule has 0 fully saturated rings.